The largest absolute Gasteiger partial charge is 0.482 e. The van der Waals surface area contributed by atoms with Crippen LogP contribution in [0.25, 0.3) is 0 Å². The van der Waals surface area contributed by atoms with Gasteiger partial charge in [-0.1, -0.05) is 6.92 Å². The van der Waals surface area contributed by atoms with Crippen LogP contribution in [0.15, 0.2) is 24.3 Å². The maximum atomic E-state index is 12.2. The zero-order valence-electron chi connectivity index (χ0n) is 12.0. The molecule has 114 valence electrons. The van der Waals surface area contributed by atoms with Crippen LogP contribution in [0.2, 0.25) is 0 Å². The van der Waals surface area contributed by atoms with Gasteiger partial charge in [-0.3, -0.25) is 4.79 Å². The number of nitrogens with one attached hydrogen (secondary N) is 2. The van der Waals surface area contributed by atoms with E-state index in [1.807, 2.05) is 0 Å². The SMILES string of the molecule is CC1CCCNC1C(=O)Nc1ccc(OCC(=O)O)cc1. The quantitative estimate of drug-likeness (QED) is 0.765. The standard InChI is InChI=1S/C15H20N2O4/c1-10-3-2-8-16-14(10)15(20)17-11-4-6-12(7-5-11)21-9-13(18)19/h4-7,10,14,16H,2-3,8-9H2,1H3,(H,17,20)(H,18,19). The predicted octanol–water partition coefficient (Wildman–Crippen LogP) is 1.48. The van der Waals surface area contributed by atoms with E-state index in [1.165, 1.54) is 0 Å². The highest BCUT2D eigenvalue weighted by molar-refractivity contribution is 5.95. The number of hydrogen-bond donors (Lipinski definition) is 3. The van der Waals surface area contributed by atoms with Crippen LogP contribution in [-0.2, 0) is 9.59 Å². The van der Waals surface area contributed by atoms with Gasteiger partial charge in [-0.15, -0.1) is 0 Å². The molecule has 6 heteroatoms. The summed E-state index contributed by atoms with van der Waals surface area (Å²) in [6.07, 6.45) is 2.15. The highest BCUT2D eigenvalue weighted by Crippen LogP contribution is 2.19. The summed E-state index contributed by atoms with van der Waals surface area (Å²) in [6.45, 7) is 2.55. The summed E-state index contributed by atoms with van der Waals surface area (Å²) in [5.74, 6) is -0.289. The molecular weight excluding hydrogens is 272 g/mol. The zero-order valence-corrected chi connectivity index (χ0v) is 12.0. The number of amides is 1. The van der Waals surface area contributed by atoms with E-state index in [9.17, 15) is 9.59 Å². The fraction of sp³-hybridized carbons (Fsp3) is 0.467. The average molecular weight is 292 g/mol. The highest BCUT2D eigenvalue weighted by Gasteiger charge is 2.27. The number of carboxylic acid groups (broad SMARTS) is 1. The summed E-state index contributed by atoms with van der Waals surface area (Å²) < 4.78 is 5.04. The Hall–Kier alpha value is -2.08. The minimum Gasteiger partial charge on any atom is -0.482 e. The third kappa shape index (κ3) is 4.46. The second-order valence-electron chi connectivity index (χ2n) is 5.25. The second kappa shape index (κ2) is 7.08. The molecular formula is C15H20N2O4. The molecule has 0 aromatic heterocycles. The van der Waals surface area contributed by atoms with Gasteiger partial charge in [-0.25, -0.2) is 4.79 Å². The van der Waals surface area contributed by atoms with Crippen molar-refractivity contribution in [3.63, 3.8) is 0 Å². The molecule has 3 N–H and O–H groups in total. The number of carboxylic acids is 1. The number of hydrogen-bond acceptors (Lipinski definition) is 4. The van der Waals surface area contributed by atoms with Crippen molar-refractivity contribution >= 4 is 17.6 Å². The fourth-order valence-electron chi connectivity index (χ4n) is 2.40. The number of aliphatic carboxylic acids is 1. The minimum absolute atomic E-state index is 0.0404. The zero-order chi connectivity index (χ0) is 15.2. The molecule has 0 bridgehead atoms. The molecule has 0 spiro atoms. The summed E-state index contributed by atoms with van der Waals surface area (Å²) in [6, 6.07) is 6.50. The van der Waals surface area contributed by atoms with Crippen molar-refractivity contribution in [3.05, 3.63) is 24.3 Å². The molecule has 0 radical (unpaired) electrons. The Labute approximate surface area is 123 Å². The fourth-order valence-corrected chi connectivity index (χ4v) is 2.40. The van der Waals surface area contributed by atoms with Crippen LogP contribution < -0.4 is 15.4 Å². The van der Waals surface area contributed by atoms with Crippen LogP contribution in [0, 0.1) is 5.92 Å². The molecule has 1 saturated heterocycles. The molecule has 0 aliphatic carbocycles. The third-order valence-corrected chi connectivity index (χ3v) is 3.54. The molecule has 1 aromatic carbocycles. The number of ether oxygens (including phenoxy) is 1. The molecule has 1 heterocycles. The van der Waals surface area contributed by atoms with Gasteiger partial charge < -0.3 is 20.5 Å². The Morgan fingerprint density at radius 3 is 2.71 bits per heavy atom. The van der Waals surface area contributed by atoms with Crippen molar-refractivity contribution in [2.45, 2.75) is 25.8 Å². The number of benzene rings is 1. The van der Waals surface area contributed by atoms with Gasteiger partial charge in [0.15, 0.2) is 6.61 Å². The van der Waals surface area contributed by atoms with Gasteiger partial charge in [0.25, 0.3) is 0 Å². The van der Waals surface area contributed by atoms with E-state index in [2.05, 4.69) is 17.6 Å². The van der Waals surface area contributed by atoms with Gasteiger partial charge in [0.1, 0.15) is 5.75 Å². The molecule has 1 amide bonds. The van der Waals surface area contributed by atoms with Crippen molar-refractivity contribution in [2.75, 3.05) is 18.5 Å². The van der Waals surface area contributed by atoms with Crippen molar-refractivity contribution < 1.29 is 19.4 Å². The number of anilines is 1. The van der Waals surface area contributed by atoms with E-state index in [-0.39, 0.29) is 18.6 Å². The van der Waals surface area contributed by atoms with Gasteiger partial charge in [0.2, 0.25) is 5.91 Å². The number of carbonyl (C=O) groups excluding carboxylic acids is 1. The lowest BCUT2D eigenvalue weighted by molar-refractivity contribution is -0.139. The Kier molecular flexibility index (Phi) is 5.16. The molecule has 2 atom stereocenters. The first-order chi connectivity index (χ1) is 10.1. The molecule has 21 heavy (non-hydrogen) atoms. The number of carbonyl (C=O) groups is 2. The van der Waals surface area contributed by atoms with E-state index < -0.39 is 5.97 Å². The van der Waals surface area contributed by atoms with Gasteiger partial charge in [-0.2, -0.15) is 0 Å². The minimum atomic E-state index is -1.02. The van der Waals surface area contributed by atoms with E-state index >= 15 is 0 Å². The molecule has 1 aliphatic heterocycles. The first kappa shape index (κ1) is 15.3. The third-order valence-electron chi connectivity index (χ3n) is 3.54. The van der Waals surface area contributed by atoms with Crippen LogP contribution in [0.3, 0.4) is 0 Å². The highest BCUT2D eigenvalue weighted by atomic mass is 16.5. The molecule has 1 fully saturated rings. The normalized spacial score (nSPS) is 21.6. The smallest absolute Gasteiger partial charge is 0.341 e. The van der Waals surface area contributed by atoms with E-state index in [0.717, 1.165) is 19.4 Å². The van der Waals surface area contributed by atoms with Crippen molar-refractivity contribution in [3.8, 4) is 5.75 Å². The topological polar surface area (TPSA) is 87.7 Å². The first-order valence-corrected chi connectivity index (χ1v) is 7.05. The number of piperidine rings is 1. The lowest BCUT2D eigenvalue weighted by Crippen LogP contribution is -2.48. The lowest BCUT2D eigenvalue weighted by Gasteiger charge is -2.28. The Balaban J connectivity index is 1.90. The monoisotopic (exact) mass is 292 g/mol. The molecule has 1 aromatic rings. The second-order valence-corrected chi connectivity index (χ2v) is 5.25. The molecule has 6 nitrogen and oxygen atoms in total. The summed E-state index contributed by atoms with van der Waals surface area (Å²) in [5.41, 5.74) is 0.669. The van der Waals surface area contributed by atoms with Crippen LogP contribution in [0.1, 0.15) is 19.8 Å². The van der Waals surface area contributed by atoms with Crippen LogP contribution >= 0.6 is 0 Å². The number of rotatable bonds is 5. The van der Waals surface area contributed by atoms with Crippen LogP contribution in [0.5, 0.6) is 5.75 Å². The maximum Gasteiger partial charge on any atom is 0.341 e. The van der Waals surface area contributed by atoms with E-state index in [1.54, 1.807) is 24.3 Å². The predicted molar refractivity (Wildman–Crippen MR) is 78.4 cm³/mol. The molecule has 1 aliphatic rings. The van der Waals surface area contributed by atoms with Crippen LogP contribution in [0.4, 0.5) is 5.69 Å². The molecule has 2 unspecified atom stereocenters. The van der Waals surface area contributed by atoms with Crippen molar-refractivity contribution in [1.29, 1.82) is 0 Å². The first-order valence-electron chi connectivity index (χ1n) is 7.05. The summed E-state index contributed by atoms with van der Waals surface area (Å²) in [5, 5.41) is 14.6. The molecule has 0 saturated carbocycles. The van der Waals surface area contributed by atoms with Gasteiger partial charge in [-0.05, 0) is 49.6 Å². The van der Waals surface area contributed by atoms with Gasteiger partial charge >= 0.3 is 5.97 Å². The lowest BCUT2D eigenvalue weighted by atomic mass is 9.92. The van der Waals surface area contributed by atoms with Crippen LogP contribution in [-0.4, -0.2) is 36.2 Å². The van der Waals surface area contributed by atoms with E-state index in [0.29, 0.717) is 17.4 Å². The summed E-state index contributed by atoms with van der Waals surface area (Å²) in [7, 11) is 0. The maximum absolute atomic E-state index is 12.2. The van der Waals surface area contributed by atoms with E-state index in [4.69, 9.17) is 9.84 Å². The van der Waals surface area contributed by atoms with Gasteiger partial charge in [0.05, 0.1) is 6.04 Å². The Morgan fingerprint density at radius 2 is 2.10 bits per heavy atom. The van der Waals surface area contributed by atoms with Gasteiger partial charge in [0, 0.05) is 5.69 Å². The Morgan fingerprint density at radius 1 is 1.38 bits per heavy atom. The van der Waals surface area contributed by atoms with Crippen molar-refractivity contribution in [2.24, 2.45) is 5.92 Å². The summed E-state index contributed by atoms with van der Waals surface area (Å²) >= 11 is 0. The average Bonchev–Trinajstić information content (AvgIpc) is 2.47. The van der Waals surface area contributed by atoms with Crippen molar-refractivity contribution in [1.82, 2.24) is 5.32 Å². The molecule has 2 rings (SSSR count). The summed E-state index contributed by atoms with van der Waals surface area (Å²) in [4.78, 5) is 22.6. The Bertz CT molecular complexity index is 501.